The van der Waals surface area contributed by atoms with E-state index in [4.69, 9.17) is 4.79 Å². The van der Waals surface area contributed by atoms with Gasteiger partial charge in [-0.1, -0.05) is 12.1 Å². The maximum Gasteiger partial charge on any atom is 0.0160 e. The van der Waals surface area contributed by atoms with E-state index in [2.05, 4.69) is 27.4 Å². The first kappa shape index (κ1) is 15.0. The van der Waals surface area contributed by atoms with Crippen molar-refractivity contribution < 1.29 is 22.7 Å². The normalized spacial score (nSPS) is 7.88. The standard InChI is InChI=1S/C11H8N.CHO.ClH.Ir/c1-2-6-10(7-3-1)11-8-4-5-9-12-11;1-2;;/h1-6,8-9H;1H;1H;/q2*-1;;+3/p-1. The summed E-state index contributed by atoms with van der Waals surface area (Å²) in [6.45, 7) is 3.25. The van der Waals surface area contributed by atoms with Crippen molar-refractivity contribution in [3.05, 3.63) is 54.7 Å². The Hall–Kier alpha value is -1.02. The SMILES string of the molecule is [CH-]=O.[Cl][Ir+2].[c-]1ccccc1-c1ccccn1. The van der Waals surface area contributed by atoms with Gasteiger partial charge in [0, 0.05) is 6.20 Å². The molecular formula is C12H9ClIrNO. The second kappa shape index (κ2) is 10.5. The maximum atomic E-state index is 7.75. The first-order valence-electron chi connectivity index (χ1n) is 4.21. The molecule has 0 aliphatic carbocycles. The van der Waals surface area contributed by atoms with Crippen LogP contribution in [0.1, 0.15) is 0 Å². The average molecular weight is 411 g/mol. The van der Waals surface area contributed by atoms with E-state index in [0.717, 1.165) is 11.3 Å². The van der Waals surface area contributed by atoms with Crippen molar-refractivity contribution in [1.82, 2.24) is 4.98 Å². The van der Waals surface area contributed by atoms with E-state index in [1.54, 1.807) is 6.20 Å². The van der Waals surface area contributed by atoms with Gasteiger partial charge in [0.05, 0.1) is 0 Å². The van der Waals surface area contributed by atoms with Crippen molar-refractivity contribution in [3.8, 4) is 11.3 Å². The van der Waals surface area contributed by atoms with Crippen LogP contribution in [0.3, 0.4) is 0 Å². The van der Waals surface area contributed by atoms with E-state index in [1.165, 1.54) is 17.9 Å². The van der Waals surface area contributed by atoms with Crippen LogP contribution in [0.4, 0.5) is 0 Å². The summed E-state index contributed by atoms with van der Waals surface area (Å²) in [6, 6.07) is 16.8. The van der Waals surface area contributed by atoms with E-state index in [1.807, 2.05) is 42.5 Å². The molecule has 0 unspecified atom stereocenters. The van der Waals surface area contributed by atoms with E-state index in [-0.39, 0.29) is 0 Å². The Morgan fingerprint density at radius 1 is 1.12 bits per heavy atom. The molecule has 0 aliphatic heterocycles. The topological polar surface area (TPSA) is 30.0 Å². The third-order valence-corrected chi connectivity index (χ3v) is 1.65. The summed E-state index contributed by atoms with van der Waals surface area (Å²) in [5, 5.41) is 0. The molecule has 1 heterocycles. The molecule has 0 aliphatic rings. The van der Waals surface area contributed by atoms with Crippen LogP contribution in [-0.2, 0) is 22.7 Å². The largest absolute Gasteiger partial charge is 0.305 e. The molecule has 16 heavy (non-hydrogen) atoms. The van der Waals surface area contributed by atoms with E-state index in [9.17, 15) is 0 Å². The molecule has 0 bridgehead atoms. The molecule has 0 saturated heterocycles. The molecule has 2 aromatic rings. The molecule has 0 saturated carbocycles. The number of rotatable bonds is 1. The summed E-state index contributed by atoms with van der Waals surface area (Å²) in [6.07, 6.45) is 1.79. The van der Waals surface area contributed by atoms with Crippen LogP contribution in [-0.4, -0.2) is 11.8 Å². The van der Waals surface area contributed by atoms with Crippen molar-refractivity contribution in [3.63, 3.8) is 0 Å². The van der Waals surface area contributed by atoms with Gasteiger partial charge in [-0.15, -0.1) is 35.9 Å². The number of benzene rings is 1. The van der Waals surface area contributed by atoms with Crippen molar-refractivity contribution in [2.75, 3.05) is 0 Å². The molecule has 4 heteroatoms. The second-order valence-electron chi connectivity index (χ2n) is 2.49. The number of halogens is 1. The first-order chi connectivity index (χ1) is 7.97. The van der Waals surface area contributed by atoms with E-state index in [0.29, 0.717) is 0 Å². The zero-order valence-corrected chi connectivity index (χ0v) is 11.4. The van der Waals surface area contributed by atoms with Gasteiger partial charge in [0.1, 0.15) is 0 Å². The van der Waals surface area contributed by atoms with Gasteiger partial charge >= 0.3 is 27.5 Å². The smallest absolute Gasteiger partial charge is 0.0160 e. The van der Waals surface area contributed by atoms with Gasteiger partial charge in [0.25, 0.3) is 0 Å². The fourth-order valence-electron chi connectivity index (χ4n) is 1.07. The van der Waals surface area contributed by atoms with Crippen LogP contribution in [0.5, 0.6) is 0 Å². The van der Waals surface area contributed by atoms with Crippen LogP contribution in [0.25, 0.3) is 11.3 Å². The van der Waals surface area contributed by atoms with Crippen LogP contribution >= 0.6 is 9.58 Å². The Bertz CT molecular complexity index is 332. The Morgan fingerprint density at radius 3 is 2.31 bits per heavy atom. The third kappa shape index (κ3) is 5.17. The molecular weight excluding hydrogens is 402 g/mol. The van der Waals surface area contributed by atoms with Crippen molar-refractivity contribution in [2.45, 2.75) is 0 Å². The molecule has 0 radical (unpaired) electrons. The van der Waals surface area contributed by atoms with Gasteiger partial charge in [0.15, 0.2) is 0 Å². The van der Waals surface area contributed by atoms with Gasteiger partial charge in [-0.25, -0.2) is 0 Å². The van der Waals surface area contributed by atoms with Gasteiger partial charge in [-0.3, -0.25) is 6.79 Å². The molecule has 0 spiro atoms. The summed E-state index contributed by atoms with van der Waals surface area (Å²) < 4.78 is 0. The van der Waals surface area contributed by atoms with Gasteiger partial charge in [-0.2, -0.15) is 0 Å². The molecule has 0 fully saturated rings. The van der Waals surface area contributed by atoms with Gasteiger partial charge in [-0.05, 0) is 11.8 Å². The van der Waals surface area contributed by atoms with E-state index < -0.39 is 0 Å². The molecule has 1 aromatic carbocycles. The number of pyridine rings is 1. The Labute approximate surface area is 110 Å². The summed E-state index contributed by atoms with van der Waals surface area (Å²) in [7, 11) is 4.64. The zero-order chi connectivity index (χ0) is 12.2. The minimum absolute atomic E-state index is 0.970. The monoisotopic (exact) mass is 411 g/mol. The summed E-state index contributed by atoms with van der Waals surface area (Å²) >= 11 is 1.47. The predicted octanol–water partition coefficient (Wildman–Crippen LogP) is 2.96. The maximum absolute atomic E-state index is 7.75. The first-order valence-corrected chi connectivity index (χ1v) is 7.18. The molecule has 0 amide bonds. The molecule has 0 atom stereocenters. The minimum Gasteiger partial charge on any atom is -0.305 e. The predicted molar refractivity (Wildman–Crippen MR) is 61.1 cm³/mol. The number of hydrogen-bond acceptors (Lipinski definition) is 2. The van der Waals surface area contributed by atoms with Crippen molar-refractivity contribution in [1.29, 1.82) is 0 Å². The summed E-state index contributed by atoms with van der Waals surface area (Å²) in [5.41, 5.74) is 2.01. The third-order valence-electron chi connectivity index (χ3n) is 1.65. The van der Waals surface area contributed by atoms with E-state index >= 15 is 0 Å². The van der Waals surface area contributed by atoms with Crippen LogP contribution in [0, 0.1) is 6.07 Å². The van der Waals surface area contributed by atoms with Crippen LogP contribution in [0.2, 0.25) is 0 Å². The summed E-state index contributed by atoms with van der Waals surface area (Å²) in [5.74, 6) is 0. The van der Waals surface area contributed by atoms with Crippen LogP contribution in [0.15, 0.2) is 48.7 Å². The molecule has 2 rings (SSSR count). The Morgan fingerprint density at radius 2 is 1.81 bits per heavy atom. The fraction of sp³-hybridized carbons (Fsp3) is 0. The quantitative estimate of drug-likeness (QED) is 0.534. The minimum atomic E-state index is 0.970. The van der Waals surface area contributed by atoms with Gasteiger partial charge < -0.3 is 9.78 Å². The number of aromatic nitrogens is 1. The van der Waals surface area contributed by atoms with Crippen molar-refractivity contribution in [2.24, 2.45) is 0 Å². The molecule has 1 aromatic heterocycles. The fourth-order valence-corrected chi connectivity index (χ4v) is 1.07. The van der Waals surface area contributed by atoms with Crippen molar-refractivity contribution >= 4 is 16.4 Å². The van der Waals surface area contributed by atoms with Gasteiger partial charge in [0.2, 0.25) is 0 Å². The van der Waals surface area contributed by atoms with Crippen LogP contribution < -0.4 is 0 Å². The molecule has 0 N–H and O–H groups in total. The Kier molecular flexibility index (Phi) is 9.83. The molecule has 2 nitrogen and oxygen atoms in total. The Balaban J connectivity index is 0.000000509. The zero-order valence-electron chi connectivity index (χ0n) is 8.26. The average Bonchev–Trinajstić information content (AvgIpc) is 2.45. The summed E-state index contributed by atoms with van der Waals surface area (Å²) in [4.78, 5) is 12.0. The second-order valence-corrected chi connectivity index (χ2v) is 2.49. The molecule has 84 valence electrons. The number of carbonyl (C=O) groups excluding carboxylic acids is 1. The number of hydrogen-bond donors (Lipinski definition) is 0. The number of nitrogens with zero attached hydrogens (tertiary/aromatic N) is 1.